The smallest absolute Gasteiger partial charge is 0.345 e. The maximum absolute atomic E-state index is 14.0. The summed E-state index contributed by atoms with van der Waals surface area (Å²) < 4.78 is 27.9. The number of rotatable bonds is 1. The van der Waals surface area contributed by atoms with Crippen molar-refractivity contribution in [1.82, 2.24) is 0 Å². The molecule has 19 heavy (non-hydrogen) atoms. The number of hydrogen-bond acceptors (Lipinski definition) is 2. The first kappa shape index (κ1) is 12.3. The minimum Gasteiger partial charge on any atom is -0.477 e. The molecule has 1 unspecified atom stereocenters. The molecule has 1 N–H and O–H groups in total. The van der Waals surface area contributed by atoms with Crippen molar-refractivity contribution < 1.29 is 18.7 Å². The summed E-state index contributed by atoms with van der Waals surface area (Å²) in [5.41, 5.74) is 1.37. The van der Waals surface area contributed by atoms with Gasteiger partial charge in [0.15, 0.2) is 0 Å². The van der Waals surface area contributed by atoms with Gasteiger partial charge in [-0.05, 0) is 36.1 Å². The van der Waals surface area contributed by atoms with E-state index >= 15 is 0 Å². The van der Waals surface area contributed by atoms with Gasteiger partial charge >= 0.3 is 5.97 Å². The van der Waals surface area contributed by atoms with Crippen LogP contribution in [0.2, 0.25) is 0 Å². The number of benzene rings is 1. The third-order valence-electron chi connectivity index (χ3n) is 3.41. The topological polar surface area (TPSA) is 37.3 Å². The predicted octanol–water partition coefficient (Wildman–Crippen LogP) is 4.05. The summed E-state index contributed by atoms with van der Waals surface area (Å²) in [6.07, 6.45) is 0.534. The highest BCUT2D eigenvalue weighted by Gasteiger charge is 2.30. The Hall–Kier alpha value is -1.75. The summed E-state index contributed by atoms with van der Waals surface area (Å²) in [6.45, 7) is 1.82. The summed E-state index contributed by atoms with van der Waals surface area (Å²) in [4.78, 5) is 11.7. The quantitative estimate of drug-likeness (QED) is 0.855. The summed E-state index contributed by atoms with van der Waals surface area (Å²) in [7, 11) is 0. The van der Waals surface area contributed by atoms with Gasteiger partial charge in [0.2, 0.25) is 0 Å². The van der Waals surface area contributed by atoms with Crippen molar-refractivity contribution in [3.63, 3.8) is 0 Å². The lowest BCUT2D eigenvalue weighted by Gasteiger charge is -2.23. The Labute approximate surface area is 112 Å². The Morgan fingerprint density at radius 3 is 2.74 bits per heavy atom. The van der Waals surface area contributed by atoms with Crippen LogP contribution in [0, 0.1) is 11.6 Å². The largest absolute Gasteiger partial charge is 0.477 e. The fourth-order valence-corrected chi connectivity index (χ4v) is 3.70. The van der Waals surface area contributed by atoms with Crippen LogP contribution < -0.4 is 0 Å². The number of aromatic carboxylic acids is 1. The van der Waals surface area contributed by atoms with Crippen LogP contribution in [0.3, 0.4) is 0 Å². The SMILES string of the molecule is CC1Cc2cc(C(=O)O)sc2-c2c(F)ccc(F)c21. The van der Waals surface area contributed by atoms with E-state index in [4.69, 9.17) is 5.11 Å². The average molecular weight is 280 g/mol. The van der Waals surface area contributed by atoms with Crippen molar-refractivity contribution in [2.75, 3.05) is 0 Å². The number of carboxylic acid groups (broad SMARTS) is 1. The first-order valence-electron chi connectivity index (χ1n) is 5.83. The number of carboxylic acids is 1. The van der Waals surface area contributed by atoms with E-state index in [9.17, 15) is 13.6 Å². The molecule has 1 aliphatic rings. The van der Waals surface area contributed by atoms with Gasteiger partial charge in [-0.2, -0.15) is 0 Å². The number of thiophene rings is 1. The third-order valence-corrected chi connectivity index (χ3v) is 4.59. The lowest BCUT2D eigenvalue weighted by Crippen LogP contribution is -2.10. The lowest BCUT2D eigenvalue weighted by atomic mass is 9.83. The molecule has 0 amide bonds. The van der Waals surface area contributed by atoms with Gasteiger partial charge in [0.25, 0.3) is 0 Å². The zero-order valence-electron chi connectivity index (χ0n) is 10.0. The molecule has 98 valence electrons. The van der Waals surface area contributed by atoms with Crippen LogP contribution in [0.15, 0.2) is 18.2 Å². The normalized spacial score (nSPS) is 16.9. The van der Waals surface area contributed by atoms with Crippen LogP contribution in [0.4, 0.5) is 8.78 Å². The van der Waals surface area contributed by atoms with Gasteiger partial charge in [-0.15, -0.1) is 11.3 Å². The van der Waals surface area contributed by atoms with E-state index in [1.165, 1.54) is 0 Å². The third kappa shape index (κ3) is 1.76. The maximum atomic E-state index is 14.0. The van der Waals surface area contributed by atoms with E-state index in [1.807, 2.05) is 6.92 Å². The molecule has 1 aliphatic carbocycles. The molecular weight excluding hydrogens is 270 g/mol. The second-order valence-corrected chi connectivity index (χ2v) is 5.75. The second-order valence-electron chi connectivity index (χ2n) is 4.69. The van der Waals surface area contributed by atoms with E-state index in [2.05, 4.69) is 0 Å². The molecule has 2 nitrogen and oxygen atoms in total. The Morgan fingerprint density at radius 2 is 2.05 bits per heavy atom. The second kappa shape index (κ2) is 4.13. The molecule has 0 saturated heterocycles. The molecule has 0 fully saturated rings. The lowest BCUT2D eigenvalue weighted by molar-refractivity contribution is 0.0702. The summed E-state index contributed by atoms with van der Waals surface area (Å²) >= 11 is 1.00. The molecule has 1 aromatic carbocycles. The molecule has 0 aliphatic heterocycles. The van der Waals surface area contributed by atoms with Gasteiger partial charge in [0, 0.05) is 16.0 Å². The zero-order valence-corrected chi connectivity index (χ0v) is 10.9. The van der Waals surface area contributed by atoms with Crippen LogP contribution in [0.5, 0.6) is 0 Å². The molecule has 1 atom stereocenters. The van der Waals surface area contributed by atoms with Crippen molar-refractivity contribution in [3.05, 3.63) is 45.8 Å². The molecule has 2 aromatic rings. The van der Waals surface area contributed by atoms with Crippen molar-refractivity contribution >= 4 is 17.3 Å². The van der Waals surface area contributed by atoms with Crippen LogP contribution >= 0.6 is 11.3 Å². The number of hydrogen-bond donors (Lipinski definition) is 1. The van der Waals surface area contributed by atoms with Crippen molar-refractivity contribution in [2.24, 2.45) is 0 Å². The van der Waals surface area contributed by atoms with Gasteiger partial charge in [-0.25, -0.2) is 13.6 Å². The summed E-state index contributed by atoms with van der Waals surface area (Å²) in [5, 5.41) is 9.01. The van der Waals surface area contributed by atoms with Crippen molar-refractivity contribution in [3.8, 4) is 10.4 Å². The van der Waals surface area contributed by atoms with Gasteiger partial charge in [-0.1, -0.05) is 6.92 Å². The fourth-order valence-electron chi connectivity index (χ4n) is 2.61. The minimum atomic E-state index is -1.04. The van der Waals surface area contributed by atoms with Crippen LogP contribution in [-0.4, -0.2) is 11.1 Å². The molecule has 0 radical (unpaired) electrons. The zero-order chi connectivity index (χ0) is 13.7. The number of halogens is 2. The highest BCUT2D eigenvalue weighted by atomic mass is 32.1. The molecule has 5 heteroatoms. The average Bonchev–Trinajstić information content (AvgIpc) is 2.76. The van der Waals surface area contributed by atoms with Gasteiger partial charge < -0.3 is 5.11 Å². The Morgan fingerprint density at radius 1 is 1.37 bits per heavy atom. The van der Waals surface area contributed by atoms with E-state index in [-0.39, 0.29) is 16.4 Å². The first-order valence-corrected chi connectivity index (χ1v) is 6.65. The standard InChI is InChI=1S/C14H10F2O2S/c1-6-4-7-5-10(14(17)18)19-13(7)12-9(16)3-2-8(15)11(6)12/h2-3,5-6H,4H2,1H3,(H,17,18). The Bertz CT molecular complexity index is 691. The van der Waals surface area contributed by atoms with Crippen LogP contribution in [0.1, 0.15) is 33.6 Å². The fraction of sp³-hybridized carbons (Fsp3) is 0.214. The van der Waals surface area contributed by atoms with E-state index in [1.54, 1.807) is 6.07 Å². The number of fused-ring (bicyclic) bond motifs is 3. The number of carbonyl (C=O) groups is 1. The molecule has 3 rings (SSSR count). The minimum absolute atomic E-state index is 0.158. The van der Waals surface area contributed by atoms with Gasteiger partial charge in [0.05, 0.1) is 0 Å². The van der Waals surface area contributed by atoms with Crippen LogP contribution in [0.25, 0.3) is 10.4 Å². The first-order chi connectivity index (χ1) is 8.99. The summed E-state index contributed by atoms with van der Waals surface area (Å²) in [6, 6.07) is 3.78. The molecule has 0 saturated carbocycles. The molecule has 0 spiro atoms. The van der Waals surface area contributed by atoms with Crippen molar-refractivity contribution in [1.29, 1.82) is 0 Å². The predicted molar refractivity (Wildman–Crippen MR) is 68.7 cm³/mol. The monoisotopic (exact) mass is 280 g/mol. The molecular formula is C14H10F2O2S. The highest BCUT2D eigenvalue weighted by Crippen LogP contribution is 2.46. The summed E-state index contributed by atoms with van der Waals surface area (Å²) in [5.74, 6) is -2.12. The maximum Gasteiger partial charge on any atom is 0.345 e. The van der Waals surface area contributed by atoms with Crippen molar-refractivity contribution in [2.45, 2.75) is 19.3 Å². The highest BCUT2D eigenvalue weighted by molar-refractivity contribution is 7.17. The van der Waals surface area contributed by atoms with E-state index < -0.39 is 17.6 Å². The van der Waals surface area contributed by atoms with Gasteiger partial charge in [0.1, 0.15) is 16.5 Å². The van der Waals surface area contributed by atoms with Gasteiger partial charge in [-0.3, -0.25) is 0 Å². The van der Waals surface area contributed by atoms with E-state index in [0.29, 0.717) is 16.9 Å². The van der Waals surface area contributed by atoms with Crippen LogP contribution in [-0.2, 0) is 6.42 Å². The molecule has 1 aromatic heterocycles. The molecule has 0 bridgehead atoms. The molecule has 1 heterocycles. The van der Waals surface area contributed by atoms with E-state index in [0.717, 1.165) is 29.0 Å². The Balaban J connectivity index is 2.31. The Kier molecular flexibility index (Phi) is 2.67.